The van der Waals surface area contributed by atoms with Crippen LogP contribution in [0.3, 0.4) is 0 Å². The summed E-state index contributed by atoms with van der Waals surface area (Å²) in [6, 6.07) is 2.46. The molecule has 0 aromatic heterocycles. The molecular weight excluding hydrogens is 246 g/mol. The highest BCUT2D eigenvalue weighted by molar-refractivity contribution is 4.94. The molecular formula is C17H33N3. The zero-order valence-electron chi connectivity index (χ0n) is 13.6. The van der Waals surface area contributed by atoms with Crippen molar-refractivity contribution < 1.29 is 0 Å². The van der Waals surface area contributed by atoms with E-state index < -0.39 is 0 Å². The van der Waals surface area contributed by atoms with Crippen LogP contribution in [-0.4, -0.2) is 61.7 Å². The molecule has 0 aliphatic carbocycles. The molecule has 0 amide bonds. The number of fused-ring (bicyclic) bond motifs is 2. The normalized spacial score (nSPS) is 41.0. The second kappa shape index (κ2) is 6.33. The van der Waals surface area contributed by atoms with Gasteiger partial charge in [-0.1, -0.05) is 0 Å². The molecule has 20 heavy (non-hydrogen) atoms. The molecule has 3 heteroatoms. The summed E-state index contributed by atoms with van der Waals surface area (Å²) >= 11 is 0. The predicted molar refractivity (Wildman–Crippen MR) is 85.0 cm³/mol. The molecule has 3 saturated heterocycles. The average Bonchev–Trinajstić information content (AvgIpc) is 2.66. The standard InChI is InChI=1S/C17H33N3/c1-13(15-5-4-8-19(2)12-15)18-11-14-9-16-6-7-17(10-14)20(16)3/h13-18H,4-12H2,1-3H3. The molecule has 0 spiro atoms. The van der Waals surface area contributed by atoms with E-state index in [0.29, 0.717) is 6.04 Å². The van der Waals surface area contributed by atoms with Gasteiger partial charge in [0.25, 0.3) is 0 Å². The van der Waals surface area contributed by atoms with E-state index >= 15 is 0 Å². The number of hydrogen-bond donors (Lipinski definition) is 1. The molecule has 3 aliphatic heterocycles. The minimum atomic E-state index is 0.690. The molecule has 3 fully saturated rings. The Morgan fingerprint density at radius 1 is 1.10 bits per heavy atom. The maximum atomic E-state index is 3.88. The van der Waals surface area contributed by atoms with Crippen LogP contribution in [0.2, 0.25) is 0 Å². The SMILES string of the molecule is CC(NCC1CC2CCC(C1)N2C)C1CCCN(C)C1. The van der Waals surface area contributed by atoms with Crippen molar-refractivity contribution in [2.24, 2.45) is 11.8 Å². The molecule has 1 N–H and O–H groups in total. The van der Waals surface area contributed by atoms with Crippen molar-refractivity contribution in [3.05, 3.63) is 0 Å². The van der Waals surface area contributed by atoms with E-state index in [0.717, 1.165) is 23.9 Å². The number of rotatable bonds is 4. The lowest BCUT2D eigenvalue weighted by atomic mass is 9.89. The Kier molecular flexibility index (Phi) is 4.68. The van der Waals surface area contributed by atoms with E-state index in [9.17, 15) is 0 Å². The molecule has 0 radical (unpaired) electrons. The first-order chi connectivity index (χ1) is 9.63. The van der Waals surface area contributed by atoms with Gasteiger partial charge in [-0.3, -0.25) is 0 Å². The highest BCUT2D eigenvalue weighted by atomic mass is 15.2. The van der Waals surface area contributed by atoms with Crippen molar-refractivity contribution in [2.75, 3.05) is 33.7 Å². The fourth-order valence-corrected chi connectivity index (χ4v) is 4.82. The van der Waals surface area contributed by atoms with Crippen LogP contribution >= 0.6 is 0 Å². The Labute approximate surface area is 125 Å². The van der Waals surface area contributed by atoms with Crippen LogP contribution in [0, 0.1) is 11.8 Å². The van der Waals surface area contributed by atoms with Crippen LogP contribution in [-0.2, 0) is 0 Å². The van der Waals surface area contributed by atoms with Crippen molar-refractivity contribution in [3.8, 4) is 0 Å². The summed E-state index contributed by atoms with van der Waals surface area (Å²) in [5, 5.41) is 3.88. The van der Waals surface area contributed by atoms with Crippen molar-refractivity contribution in [3.63, 3.8) is 0 Å². The monoisotopic (exact) mass is 279 g/mol. The molecule has 3 rings (SSSR count). The first-order valence-corrected chi connectivity index (χ1v) is 8.77. The summed E-state index contributed by atoms with van der Waals surface area (Å²) in [6.45, 7) is 6.24. The van der Waals surface area contributed by atoms with Crippen molar-refractivity contribution in [2.45, 2.75) is 63.6 Å². The number of piperidine rings is 2. The minimum Gasteiger partial charge on any atom is -0.314 e. The molecule has 3 nitrogen and oxygen atoms in total. The Hall–Kier alpha value is -0.120. The molecule has 0 aromatic carbocycles. The van der Waals surface area contributed by atoms with Crippen molar-refractivity contribution in [1.82, 2.24) is 15.1 Å². The highest BCUT2D eigenvalue weighted by Crippen LogP contribution is 2.37. The second-order valence-electron chi connectivity index (χ2n) is 7.75. The van der Waals surface area contributed by atoms with E-state index in [1.807, 2.05) is 0 Å². The number of likely N-dealkylation sites (tertiary alicyclic amines) is 1. The first-order valence-electron chi connectivity index (χ1n) is 8.77. The fourth-order valence-electron chi connectivity index (χ4n) is 4.82. The third-order valence-corrected chi connectivity index (χ3v) is 6.29. The fraction of sp³-hybridized carbons (Fsp3) is 1.00. The van der Waals surface area contributed by atoms with Gasteiger partial charge in [-0.05, 0) is 84.5 Å². The Balaban J connectivity index is 1.43. The van der Waals surface area contributed by atoms with E-state index in [1.165, 1.54) is 58.2 Å². The third kappa shape index (κ3) is 3.20. The number of hydrogen-bond acceptors (Lipinski definition) is 3. The smallest absolute Gasteiger partial charge is 0.00988 e. The topological polar surface area (TPSA) is 18.5 Å². The first kappa shape index (κ1) is 14.8. The van der Waals surface area contributed by atoms with E-state index in [4.69, 9.17) is 0 Å². The Bertz CT molecular complexity index is 305. The minimum absolute atomic E-state index is 0.690. The third-order valence-electron chi connectivity index (χ3n) is 6.29. The molecule has 4 unspecified atom stereocenters. The number of nitrogens with zero attached hydrogens (tertiary/aromatic N) is 2. The van der Waals surface area contributed by atoms with E-state index in [1.54, 1.807) is 0 Å². The van der Waals surface area contributed by atoms with Gasteiger partial charge in [0.1, 0.15) is 0 Å². The lowest BCUT2D eigenvalue weighted by molar-refractivity contribution is 0.125. The molecule has 2 bridgehead atoms. The summed E-state index contributed by atoms with van der Waals surface area (Å²) in [5.41, 5.74) is 0. The van der Waals surface area contributed by atoms with Gasteiger partial charge in [-0.2, -0.15) is 0 Å². The largest absolute Gasteiger partial charge is 0.314 e. The van der Waals surface area contributed by atoms with Gasteiger partial charge in [-0.25, -0.2) is 0 Å². The summed E-state index contributed by atoms with van der Waals surface area (Å²) in [5.74, 6) is 1.78. The average molecular weight is 279 g/mol. The second-order valence-corrected chi connectivity index (χ2v) is 7.75. The Morgan fingerprint density at radius 3 is 2.45 bits per heavy atom. The maximum Gasteiger partial charge on any atom is 0.00988 e. The van der Waals surface area contributed by atoms with Crippen molar-refractivity contribution in [1.29, 1.82) is 0 Å². The summed E-state index contributed by atoms with van der Waals surface area (Å²) < 4.78 is 0. The van der Waals surface area contributed by atoms with E-state index in [-0.39, 0.29) is 0 Å². The number of nitrogens with one attached hydrogen (secondary N) is 1. The van der Waals surface area contributed by atoms with Gasteiger partial charge in [0, 0.05) is 24.7 Å². The van der Waals surface area contributed by atoms with Gasteiger partial charge in [0.05, 0.1) is 0 Å². The van der Waals surface area contributed by atoms with Crippen LogP contribution in [0.5, 0.6) is 0 Å². The van der Waals surface area contributed by atoms with Crippen LogP contribution in [0.25, 0.3) is 0 Å². The highest BCUT2D eigenvalue weighted by Gasteiger charge is 2.38. The summed E-state index contributed by atoms with van der Waals surface area (Å²) in [7, 11) is 4.61. The molecule has 0 aromatic rings. The maximum absolute atomic E-state index is 3.88. The molecule has 3 heterocycles. The van der Waals surface area contributed by atoms with Gasteiger partial charge < -0.3 is 15.1 Å². The van der Waals surface area contributed by atoms with Gasteiger partial charge in [0.2, 0.25) is 0 Å². The Morgan fingerprint density at radius 2 is 1.80 bits per heavy atom. The van der Waals surface area contributed by atoms with Gasteiger partial charge >= 0.3 is 0 Å². The van der Waals surface area contributed by atoms with Crippen LogP contribution < -0.4 is 5.32 Å². The van der Waals surface area contributed by atoms with Gasteiger partial charge in [-0.15, -0.1) is 0 Å². The molecule has 3 aliphatic rings. The van der Waals surface area contributed by atoms with Crippen LogP contribution in [0.1, 0.15) is 45.4 Å². The summed E-state index contributed by atoms with van der Waals surface area (Å²) in [4.78, 5) is 5.15. The molecule has 4 atom stereocenters. The molecule has 116 valence electrons. The van der Waals surface area contributed by atoms with Crippen LogP contribution in [0.15, 0.2) is 0 Å². The zero-order valence-corrected chi connectivity index (χ0v) is 13.6. The molecule has 0 saturated carbocycles. The lowest BCUT2D eigenvalue weighted by Gasteiger charge is -2.38. The summed E-state index contributed by atoms with van der Waals surface area (Å²) in [6.07, 6.45) is 8.54. The zero-order chi connectivity index (χ0) is 14.1. The lowest BCUT2D eigenvalue weighted by Crippen LogP contribution is -2.47. The quantitative estimate of drug-likeness (QED) is 0.851. The van der Waals surface area contributed by atoms with Crippen LogP contribution in [0.4, 0.5) is 0 Å². The van der Waals surface area contributed by atoms with Crippen molar-refractivity contribution >= 4 is 0 Å². The predicted octanol–water partition coefficient (Wildman–Crippen LogP) is 2.18. The van der Waals surface area contributed by atoms with Gasteiger partial charge in [0.15, 0.2) is 0 Å². The van der Waals surface area contributed by atoms with E-state index in [2.05, 4.69) is 36.1 Å².